The molecule has 0 fully saturated rings. The summed E-state index contributed by atoms with van der Waals surface area (Å²) in [5.41, 5.74) is 0. The standard InChI is InChI=1S/C73H139N2O7P/c1-7-10-13-16-19-22-25-27-29-31-33-34-35-36-37-38-39-40-42-43-45-47-50-53-56-59-62-65-72(76)74-70(69-81-83(78,79)80-68-67-75(4,5)6)71(64-61-58-55-52-49-24-21-18-15-12-9-3)82-73(77)66-63-60-57-54-51-48-46-44-41-32-30-28-26-23-20-17-14-11-8-2/h20,23,27-30,61,64,70-71H,7-19,21-22,24-26,31-60,62-63,65-69H2,1-6H3,(H-,74,76,78,79)/b23-20-,29-27+,30-28-,64-61-. The number of ether oxygens (including phenoxy) is 1. The van der Waals surface area contributed by atoms with E-state index in [0.29, 0.717) is 17.4 Å². The van der Waals surface area contributed by atoms with Gasteiger partial charge in [-0.2, -0.15) is 0 Å². The lowest BCUT2D eigenvalue weighted by molar-refractivity contribution is -0.870. The van der Waals surface area contributed by atoms with Crippen molar-refractivity contribution in [3.05, 3.63) is 48.6 Å². The number of phosphoric ester groups is 1. The van der Waals surface area contributed by atoms with E-state index in [1.165, 1.54) is 257 Å². The van der Waals surface area contributed by atoms with E-state index in [0.717, 1.165) is 64.2 Å². The van der Waals surface area contributed by atoms with Gasteiger partial charge < -0.3 is 28.5 Å². The van der Waals surface area contributed by atoms with Crippen LogP contribution in [-0.4, -0.2) is 69.4 Å². The Morgan fingerprint density at radius 1 is 0.422 bits per heavy atom. The van der Waals surface area contributed by atoms with Crippen molar-refractivity contribution in [2.24, 2.45) is 0 Å². The molecule has 0 spiro atoms. The molecule has 83 heavy (non-hydrogen) atoms. The van der Waals surface area contributed by atoms with Gasteiger partial charge in [0.25, 0.3) is 7.82 Å². The Morgan fingerprint density at radius 3 is 1.12 bits per heavy atom. The van der Waals surface area contributed by atoms with Gasteiger partial charge in [0.2, 0.25) is 5.91 Å². The van der Waals surface area contributed by atoms with Gasteiger partial charge >= 0.3 is 5.97 Å². The Morgan fingerprint density at radius 2 is 0.735 bits per heavy atom. The molecule has 0 saturated carbocycles. The normalized spacial score (nSPS) is 13.8. The van der Waals surface area contributed by atoms with Crippen molar-refractivity contribution in [3.63, 3.8) is 0 Å². The molecule has 0 saturated heterocycles. The number of hydrogen-bond acceptors (Lipinski definition) is 7. The maximum absolute atomic E-state index is 13.6. The molecule has 10 heteroatoms. The highest BCUT2D eigenvalue weighted by Gasteiger charge is 2.27. The third kappa shape index (κ3) is 64.3. The van der Waals surface area contributed by atoms with Crippen LogP contribution in [0.3, 0.4) is 0 Å². The number of hydrogen-bond donors (Lipinski definition) is 1. The molecule has 0 bridgehead atoms. The summed E-state index contributed by atoms with van der Waals surface area (Å²) >= 11 is 0. The molecule has 0 aliphatic carbocycles. The molecular formula is C73H139N2O7P. The second-order valence-corrected chi connectivity index (χ2v) is 27.1. The van der Waals surface area contributed by atoms with Crippen LogP contribution in [-0.2, 0) is 27.9 Å². The second-order valence-electron chi connectivity index (χ2n) is 25.7. The summed E-state index contributed by atoms with van der Waals surface area (Å²) in [5, 5.41) is 3.05. The average molecular weight is 1190 g/mol. The van der Waals surface area contributed by atoms with Gasteiger partial charge in [-0.25, -0.2) is 0 Å². The topological polar surface area (TPSA) is 114 Å². The first kappa shape index (κ1) is 81.0. The molecule has 0 heterocycles. The molecule has 0 aliphatic rings. The van der Waals surface area contributed by atoms with Gasteiger partial charge in [0.15, 0.2) is 0 Å². The minimum Gasteiger partial charge on any atom is -0.756 e. The predicted molar refractivity (Wildman–Crippen MR) is 358 cm³/mol. The Bertz CT molecular complexity index is 1560. The second kappa shape index (κ2) is 63.0. The first-order valence-corrected chi connectivity index (χ1v) is 37.4. The van der Waals surface area contributed by atoms with Crippen LogP contribution in [0, 0.1) is 0 Å². The van der Waals surface area contributed by atoms with Gasteiger partial charge in [-0.1, -0.05) is 301 Å². The molecule has 3 atom stereocenters. The number of esters is 1. The lowest BCUT2D eigenvalue weighted by Crippen LogP contribution is -2.47. The van der Waals surface area contributed by atoms with E-state index in [1.807, 2.05) is 33.3 Å². The van der Waals surface area contributed by atoms with Crippen LogP contribution >= 0.6 is 7.82 Å². The molecule has 9 nitrogen and oxygen atoms in total. The Kier molecular flexibility index (Phi) is 61.5. The third-order valence-electron chi connectivity index (χ3n) is 16.2. The van der Waals surface area contributed by atoms with E-state index < -0.39 is 20.0 Å². The molecule has 3 unspecified atom stereocenters. The summed E-state index contributed by atoms with van der Waals surface area (Å²) in [6, 6.07) is -0.889. The molecular weight excluding hydrogens is 1050 g/mol. The third-order valence-corrected chi connectivity index (χ3v) is 17.2. The van der Waals surface area contributed by atoms with E-state index in [1.54, 1.807) is 0 Å². The molecule has 0 aromatic rings. The number of nitrogens with one attached hydrogen (secondary N) is 1. The van der Waals surface area contributed by atoms with E-state index >= 15 is 0 Å². The fraction of sp³-hybridized carbons (Fsp3) is 0.863. The van der Waals surface area contributed by atoms with Crippen molar-refractivity contribution in [1.82, 2.24) is 5.32 Å². The first-order chi connectivity index (χ1) is 40.4. The highest BCUT2D eigenvalue weighted by atomic mass is 31.2. The van der Waals surface area contributed by atoms with Gasteiger partial charge in [-0.3, -0.25) is 14.2 Å². The number of phosphoric acid groups is 1. The van der Waals surface area contributed by atoms with Crippen LogP contribution in [0.5, 0.6) is 0 Å². The maximum atomic E-state index is 13.6. The zero-order valence-electron chi connectivity index (χ0n) is 55.9. The van der Waals surface area contributed by atoms with Crippen LogP contribution in [0.25, 0.3) is 0 Å². The van der Waals surface area contributed by atoms with E-state index in [2.05, 4.69) is 62.5 Å². The predicted octanol–water partition coefficient (Wildman–Crippen LogP) is 22.2. The van der Waals surface area contributed by atoms with E-state index in [-0.39, 0.29) is 31.5 Å². The number of quaternary nitrogens is 1. The van der Waals surface area contributed by atoms with Crippen molar-refractivity contribution in [1.29, 1.82) is 0 Å². The fourth-order valence-corrected chi connectivity index (χ4v) is 11.4. The number of rotatable bonds is 66. The molecule has 1 amide bonds. The SMILES string of the molecule is CCCCC/C=C\C/C=C\CCCCCCCCCCCC(=O)OC(/C=C\CCCCCCCCCCC)C(COP(=O)([O-])OCC[N+](C)(C)C)NC(=O)CCCCCCCCCCCCCCCCCCC/C=C/CCCCCCCC. The Balaban J connectivity index is 4.95. The van der Waals surface area contributed by atoms with Crippen LogP contribution in [0.15, 0.2) is 48.6 Å². The summed E-state index contributed by atoms with van der Waals surface area (Å²) in [7, 11) is 1.19. The minimum absolute atomic E-state index is 0.0215. The van der Waals surface area contributed by atoms with E-state index in [4.69, 9.17) is 13.8 Å². The molecule has 0 aliphatic heterocycles. The summed E-state index contributed by atoms with van der Waals surface area (Å²) in [6.45, 7) is 6.86. The van der Waals surface area contributed by atoms with Crippen LogP contribution < -0.4 is 10.2 Å². The number of carbonyl (C=O) groups excluding carboxylic acids is 2. The van der Waals surface area contributed by atoms with Crippen LogP contribution in [0.4, 0.5) is 0 Å². The molecule has 488 valence electrons. The number of unbranched alkanes of at least 4 members (excludes halogenated alkanes) is 44. The number of nitrogens with zero attached hydrogens (tertiary/aromatic N) is 1. The molecule has 0 radical (unpaired) electrons. The Hall–Kier alpha value is -2.03. The van der Waals surface area contributed by atoms with Crippen LogP contribution in [0.1, 0.15) is 355 Å². The van der Waals surface area contributed by atoms with Crippen molar-refractivity contribution < 1.29 is 37.3 Å². The molecule has 0 aromatic carbocycles. The largest absolute Gasteiger partial charge is 0.756 e. The first-order valence-electron chi connectivity index (χ1n) is 35.9. The van der Waals surface area contributed by atoms with Crippen molar-refractivity contribution >= 4 is 19.7 Å². The highest BCUT2D eigenvalue weighted by molar-refractivity contribution is 7.45. The van der Waals surface area contributed by atoms with Crippen molar-refractivity contribution in [3.8, 4) is 0 Å². The van der Waals surface area contributed by atoms with Gasteiger partial charge in [-0.05, 0) is 89.5 Å². The minimum atomic E-state index is -4.70. The quantitative estimate of drug-likeness (QED) is 0.0212. The zero-order valence-corrected chi connectivity index (χ0v) is 56.8. The Labute approximate surface area is 516 Å². The number of allylic oxidation sites excluding steroid dienone is 7. The van der Waals surface area contributed by atoms with Gasteiger partial charge in [0.05, 0.1) is 33.8 Å². The maximum Gasteiger partial charge on any atom is 0.306 e. The smallest absolute Gasteiger partial charge is 0.306 e. The summed E-state index contributed by atoms with van der Waals surface area (Å²) in [6.07, 6.45) is 79.6. The number of carbonyl (C=O) groups is 2. The van der Waals surface area contributed by atoms with Gasteiger partial charge in [0.1, 0.15) is 19.3 Å². The lowest BCUT2D eigenvalue weighted by Gasteiger charge is -2.30. The van der Waals surface area contributed by atoms with Gasteiger partial charge in [-0.15, -0.1) is 0 Å². The van der Waals surface area contributed by atoms with Crippen LogP contribution in [0.2, 0.25) is 0 Å². The van der Waals surface area contributed by atoms with Gasteiger partial charge in [0, 0.05) is 12.8 Å². The zero-order chi connectivity index (χ0) is 60.7. The molecule has 0 rings (SSSR count). The number of likely N-dealkylation sites (N-methyl/N-ethyl adjacent to an activating group) is 1. The molecule has 1 N–H and O–H groups in total. The van der Waals surface area contributed by atoms with E-state index in [9.17, 15) is 19.0 Å². The van der Waals surface area contributed by atoms with Crippen molar-refractivity contribution in [2.45, 2.75) is 367 Å². The fourth-order valence-electron chi connectivity index (χ4n) is 10.7. The summed E-state index contributed by atoms with van der Waals surface area (Å²) in [4.78, 5) is 40.1. The van der Waals surface area contributed by atoms with Crippen molar-refractivity contribution in [2.75, 3.05) is 40.9 Å². The summed E-state index contributed by atoms with van der Waals surface area (Å²) in [5.74, 6) is -0.531. The lowest BCUT2D eigenvalue weighted by atomic mass is 10.0. The number of amides is 1. The summed E-state index contributed by atoms with van der Waals surface area (Å²) < 4.78 is 30.4. The molecule has 0 aromatic heterocycles. The highest BCUT2D eigenvalue weighted by Crippen LogP contribution is 2.38. The average Bonchev–Trinajstić information content (AvgIpc) is 3.51. The monoisotopic (exact) mass is 1190 g/mol.